The fourth-order valence-corrected chi connectivity index (χ4v) is 2.20. The van der Waals surface area contributed by atoms with Crippen LogP contribution in [0.25, 0.3) is 0 Å². The summed E-state index contributed by atoms with van der Waals surface area (Å²) < 4.78 is 20.2. The number of aromatic carboxylic acids is 1. The maximum absolute atomic E-state index is 13.2. The Morgan fingerprint density at radius 1 is 1.36 bits per heavy atom. The van der Waals surface area contributed by atoms with Crippen molar-refractivity contribution < 1.29 is 19.0 Å². The highest BCUT2D eigenvalue weighted by molar-refractivity contribution is 5.85. The minimum atomic E-state index is -1.30. The van der Waals surface area contributed by atoms with Crippen LogP contribution in [0.1, 0.15) is 41.9 Å². The molecule has 1 aromatic carbocycles. The molecule has 0 spiro atoms. The highest BCUT2D eigenvalue weighted by Gasteiger charge is 2.17. The summed E-state index contributed by atoms with van der Waals surface area (Å²) in [5.41, 5.74) is 0.728. The van der Waals surface area contributed by atoms with E-state index in [1.165, 1.54) is 10.9 Å². The first-order valence-electron chi connectivity index (χ1n) is 7.20. The number of halogens is 1. The van der Waals surface area contributed by atoms with Gasteiger partial charge in [-0.1, -0.05) is 30.3 Å². The highest BCUT2D eigenvalue weighted by atomic mass is 19.1. The number of benzene rings is 1. The lowest BCUT2D eigenvalue weighted by Gasteiger charge is -2.13. The number of nitrogens with zero attached hydrogens (tertiary/aromatic N) is 2. The Kier molecular flexibility index (Phi) is 5.66. The Labute approximate surface area is 128 Å². The molecule has 0 radical (unpaired) electrons. The van der Waals surface area contributed by atoms with Crippen LogP contribution in [0.2, 0.25) is 0 Å². The number of imidazole rings is 1. The maximum atomic E-state index is 13.2. The van der Waals surface area contributed by atoms with Crippen LogP contribution < -0.4 is 0 Å². The number of carboxylic acid groups (broad SMARTS) is 1. The third kappa shape index (κ3) is 4.14. The van der Waals surface area contributed by atoms with Crippen molar-refractivity contribution in [1.29, 1.82) is 0 Å². The monoisotopic (exact) mass is 306 g/mol. The fraction of sp³-hybridized carbons (Fsp3) is 0.375. The molecule has 6 heteroatoms. The van der Waals surface area contributed by atoms with Crippen LogP contribution in [-0.2, 0) is 11.3 Å². The average molecular weight is 306 g/mol. The second-order valence-corrected chi connectivity index (χ2v) is 5.01. The number of rotatable bonds is 8. The molecule has 2 aromatic rings. The van der Waals surface area contributed by atoms with E-state index >= 15 is 0 Å². The van der Waals surface area contributed by atoms with Crippen LogP contribution in [0.15, 0.2) is 36.7 Å². The summed E-state index contributed by atoms with van der Waals surface area (Å²) >= 11 is 0. The van der Waals surface area contributed by atoms with Crippen LogP contribution in [-0.4, -0.2) is 27.2 Å². The molecule has 0 amide bonds. The quantitative estimate of drug-likeness (QED) is 0.760. The Morgan fingerprint density at radius 2 is 2.09 bits per heavy atom. The van der Waals surface area contributed by atoms with Gasteiger partial charge in [-0.15, -0.1) is 0 Å². The Morgan fingerprint density at radius 3 is 2.77 bits per heavy atom. The van der Waals surface area contributed by atoms with Crippen LogP contribution in [0.3, 0.4) is 0 Å². The van der Waals surface area contributed by atoms with Gasteiger partial charge in [0.25, 0.3) is 0 Å². The normalized spacial score (nSPS) is 12.3. The van der Waals surface area contributed by atoms with Gasteiger partial charge in [0.2, 0.25) is 5.95 Å². The summed E-state index contributed by atoms with van der Waals surface area (Å²) in [5, 5.41) is 8.91. The highest BCUT2D eigenvalue weighted by Crippen LogP contribution is 2.16. The van der Waals surface area contributed by atoms with E-state index in [1.807, 2.05) is 37.3 Å². The summed E-state index contributed by atoms with van der Waals surface area (Å²) in [6, 6.07) is 9.92. The lowest BCUT2D eigenvalue weighted by Crippen LogP contribution is -2.10. The zero-order chi connectivity index (χ0) is 15.9. The smallest absolute Gasteiger partial charge is 0.357 e. The first kappa shape index (κ1) is 16.2. The van der Waals surface area contributed by atoms with E-state index in [0.717, 1.165) is 12.0 Å². The first-order valence-corrected chi connectivity index (χ1v) is 7.20. The van der Waals surface area contributed by atoms with E-state index < -0.39 is 17.6 Å². The van der Waals surface area contributed by atoms with Gasteiger partial charge in [-0.05, 0) is 25.3 Å². The molecule has 0 unspecified atom stereocenters. The van der Waals surface area contributed by atoms with Crippen molar-refractivity contribution in [1.82, 2.24) is 9.55 Å². The maximum Gasteiger partial charge on any atom is 0.357 e. The van der Waals surface area contributed by atoms with Crippen molar-refractivity contribution >= 4 is 5.97 Å². The summed E-state index contributed by atoms with van der Waals surface area (Å²) in [6.45, 7) is 2.96. The molecule has 22 heavy (non-hydrogen) atoms. The van der Waals surface area contributed by atoms with Crippen molar-refractivity contribution in [3.63, 3.8) is 0 Å². The van der Waals surface area contributed by atoms with E-state index in [2.05, 4.69) is 4.98 Å². The Bertz CT molecular complexity index is 613. The van der Waals surface area contributed by atoms with Gasteiger partial charge < -0.3 is 14.4 Å². The van der Waals surface area contributed by atoms with E-state index in [4.69, 9.17) is 9.84 Å². The third-order valence-corrected chi connectivity index (χ3v) is 3.43. The van der Waals surface area contributed by atoms with Crippen LogP contribution in [0.5, 0.6) is 0 Å². The Hall–Kier alpha value is -2.21. The minimum absolute atomic E-state index is 0.0153. The van der Waals surface area contributed by atoms with Crippen molar-refractivity contribution in [2.24, 2.45) is 0 Å². The van der Waals surface area contributed by atoms with Gasteiger partial charge in [-0.3, -0.25) is 0 Å². The van der Waals surface area contributed by atoms with Crippen LogP contribution >= 0.6 is 0 Å². The third-order valence-electron chi connectivity index (χ3n) is 3.43. The molecule has 2 rings (SSSR count). The number of aryl methyl sites for hydroxylation is 1. The Balaban J connectivity index is 1.73. The van der Waals surface area contributed by atoms with Crippen molar-refractivity contribution in [3.05, 3.63) is 53.9 Å². The molecular weight excluding hydrogens is 287 g/mol. The summed E-state index contributed by atoms with van der Waals surface area (Å²) in [7, 11) is 0. The van der Waals surface area contributed by atoms with E-state index in [0.29, 0.717) is 19.6 Å². The molecule has 0 fully saturated rings. The van der Waals surface area contributed by atoms with Gasteiger partial charge in [0.15, 0.2) is 5.69 Å². The average Bonchev–Trinajstić information content (AvgIpc) is 2.88. The lowest BCUT2D eigenvalue weighted by molar-refractivity contribution is 0.0623. The predicted octanol–water partition coefficient (Wildman–Crippen LogP) is 3.28. The zero-order valence-corrected chi connectivity index (χ0v) is 12.4. The molecule has 1 aromatic heterocycles. The summed E-state index contributed by atoms with van der Waals surface area (Å²) in [6.07, 6.45) is 2.68. The topological polar surface area (TPSA) is 64.4 Å². The standard InChI is InChI=1S/C16H19FN2O3/c1-12(13-7-3-2-4-8-13)22-10-6-5-9-19-11-18-15(17)14(19)16(20)21/h2-4,7-8,11-12H,5-6,9-10H2,1H3,(H,20,21)/t12-/m0/s1. The van der Waals surface area contributed by atoms with E-state index in [-0.39, 0.29) is 6.10 Å². The van der Waals surface area contributed by atoms with Crippen molar-refractivity contribution in [2.45, 2.75) is 32.4 Å². The SMILES string of the molecule is C[C@H](OCCCCn1cnc(F)c1C(=O)O)c1ccccc1. The number of hydrogen-bond donors (Lipinski definition) is 1. The second-order valence-electron chi connectivity index (χ2n) is 5.01. The number of hydrogen-bond acceptors (Lipinski definition) is 3. The molecule has 0 bridgehead atoms. The first-order chi connectivity index (χ1) is 10.6. The molecule has 1 atom stereocenters. The van der Waals surface area contributed by atoms with E-state index in [1.54, 1.807) is 0 Å². The van der Waals surface area contributed by atoms with Crippen LogP contribution in [0, 0.1) is 5.95 Å². The number of carboxylic acids is 1. The molecule has 5 nitrogen and oxygen atoms in total. The van der Waals surface area contributed by atoms with Gasteiger partial charge >= 0.3 is 5.97 Å². The van der Waals surface area contributed by atoms with Crippen molar-refractivity contribution in [3.8, 4) is 0 Å². The van der Waals surface area contributed by atoms with E-state index in [9.17, 15) is 9.18 Å². The van der Waals surface area contributed by atoms with Gasteiger partial charge in [0.05, 0.1) is 12.4 Å². The number of unbranched alkanes of at least 4 members (excludes halogenated alkanes) is 1. The predicted molar refractivity (Wildman–Crippen MR) is 79.2 cm³/mol. The second kappa shape index (κ2) is 7.70. The van der Waals surface area contributed by atoms with Gasteiger partial charge in [0.1, 0.15) is 0 Å². The summed E-state index contributed by atoms with van der Waals surface area (Å²) in [4.78, 5) is 14.3. The molecule has 0 saturated carbocycles. The van der Waals surface area contributed by atoms with Crippen molar-refractivity contribution in [2.75, 3.05) is 6.61 Å². The molecule has 0 aliphatic rings. The van der Waals surface area contributed by atoms with Crippen LogP contribution in [0.4, 0.5) is 4.39 Å². The molecule has 0 aliphatic heterocycles. The fourth-order valence-electron chi connectivity index (χ4n) is 2.20. The minimum Gasteiger partial charge on any atom is -0.476 e. The largest absolute Gasteiger partial charge is 0.476 e. The summed E-state index contributed by atoms with van der Waals surface area (Å²) in [5.74, 6) is -2.25. The molecule has 1 N–H and O–H groups in total. The zero-order valence-electron chi connectivity index (χ0n) is 12.4. The lowest BCUT2D eigenvalue weighted by atomic mass is 10.1. The molecule has 0 saturated heterocycles. The number of aromatic nitrogens is 2. The molecule has 1 heterocycles. The molecule has 118 valence electrons. The number of carbonyl (C=O) groups is 1. The molecular formula is C16H19FN2O3. The molecule has 0 aliphatic carbocycles. The van der Waals surface area contributed by atoms with Gasteiger partial charge in [-0.2, -0.15) is 4.39 Å². The number of ether oxygens (including phenoxy) is 1. The van der Waals surface area contributed by atoms with Gasteiger partial charge in [0, 0.05) is 13.2 Å². The van der Waals surface area contributed by atoms with Gasteiger partial charge in [-0.25, -0.2) is 9.78 Å².